The summed E-state index contributed by atoms with van der Waals surface area (Å²) in [5, 5.41) is 3.79. The average Bonchev–Trinajstić information content (AvgIpc) is 3.22. The van der Waals surface area contributed by atoms with Gasteiger partial charge in [-0.15, -0.1) is 0 Å². The predicted octanol–water partition coefficient (Wildman–Crippen LogP) is 1.82. The van der Waals surface area contributed by atoms with E-state index in [1.54, 1.807) is 0 Å². The van der Waals surface area contributed by atoms with Gasteiger partial charge < -0.3 is 9.88 Å². The molecule has 4 nitrogen and oxygen atoms in total. The van der Waals surface area contributed by atoms with Crippen LogP contribution in [0.15, 0.2) is 12.4 Å². The van der Waals surface area contributed by atoms with Crippen molar-refractivity contribution in [3.63, 3.8) is 0 Å². The van der Waals surface area contributed by atoms with E-state index in [0.717, 1.165) is 31.5 Å². The van der Waals surface area contributed by atoms with E-state index in [-0.39, 0.29) is 0 Å². The fraction of sp³-hybridized carbons (Fsp3) is 0.812. The smallest absolute Gasteiger partial charge is 0.109 e. The molecule has 2 atom stereocenters. The summed E-state index contributed by atoms with van der Waals surface area (Å²) in [7, 11) is 2.09. The van der Waals surface area contributed by atoms with Crippen LogP contribution in [0.4, 0.5) is 0 Å². The van der Waals surface area contributed by atoms with E-state index in [4.69, 9.17) is 0 Å². The van der Waals surface area contributed by atoms with Gasteiger partial charge in [0.2, 0.25) is 0 Å². The quantitative estimate of drug-likeness (QED) is 0.890. The lowest BCUT2D eigenvalue weighted by molar-refractivity contribution is 0.0446. The first-order valence-electron chi connectivity index (χ1n) is 8.07. The first-order chi connectivity index (χ1) is 9.62. The molecule has 4 heteroatoms. The number of aromatic nitrogens is 2. The molecule has 0 radical (unpaired) electrons. The molecule has 1 saturated carbocycles. The van der Waals surface area contributed by atoms with Crippen molar-refractivity contribution >= 4 is 0 Å². The largest absolute Gasteiger partial charge is 0.338 e. The summed E-state index contributed by atoms with van der Waals surface area (Å²) >= 11 is 0. The Labute approximate surface area is 122 Å². The molecule has 0 aromatic carbocycles. The van der Waals surface area contributed by atoms with E-state index in [9.17, 15) is 0 Å². The van der Waals surface area contributed by atoms with Crippen LogP contribution in [0.25, 0.3) is 0 Å². The van der Waals surface area contributed by atoms with Crippen LogP contribution in [0.2, 0.25) is 0 Å². The molecule has 0 amide bonds. The summed E-state index contributed by atoms with van der Waals surface area (Å²) in [5.41, 5.74) is 0.302. The van der Waals surface area contributed by atoms with Gasteiger partial charge in [0.25, 0.3) is 0 Å². The highest BCUT2D eigenvalue weighted by Gasteiger charge is 2.41. The molecule has 1 N–H and O–H groups in total. The summed E-state index contributed by atoms with van der Waals surface area (Å²) < 4.78 is 2.14. The third-order valence-corrected chi connectivity index (χ3v) is 5.40. The van der Waals surface area contributed by atoms with Crippen molar-refractivity contribution in [1.29, 1.82) is 0 Å². The number of nitrogens with one attached hydrogen (secondary N) is 1. The van der Waals surface area contributed by atoms with Gasteiger partial charge in [-0.25, -0.2) is 4.98 Å². The number of hydrogen-bond donors (Lipinski definition) is 1. The lowest BCUT2D eigenvalue weighted by Crippen LogP contribution is -2.63. The molecule has 112 valence electrons. The second-order valence-electron chi connectivity index (χ2n) is 6.83. The standard InChI is InChI=1S/C16H28N4/c1-4-16(2)12-18-14(13-5-6-13)11-20(16)9-7-15-17-8-10-19(15)3/h8,10,13-14,18H,4-7,9,11-12H2,1-3H3. The van der Waals surface area contributed by atoms with Crippen molar-refractivity contribution in [2.45, 2.75) is 51.1 Å². The zero-order valence-electron chi connectivity index (χ0n) is 13.1. The van der Waals surface area contributed by atoms with Gasteiger partial charge in [-0.05, 0) is 32.1 Å². The minimum Gasteiger partial charge on any atom is -0.338 e. The number of aryl methyl sites for hydroxylation is 1. The number of rotatable bonds is 5. The number of piperazine rings is 1. The molecule has 20 heavy (non-hydrogen) atoms. The van der Waals surface area contributed by atoms with Gasteiger partial charge in [-0.3, -0.25) is 4.90 Å². The van der Waals surface area contributed by atoms with Crippen LogP contribution in [0, 0.1) is 5.92 Å². The Morgan fingerprint density at radius 2 is 2.25 bits per heavy atom. The molecule has 1 saturated heterocycles. The lowest BCUT2D eigenvalue weighted by Gasteiger charge is -2.48. The van der Waals surface area contributed by atoms with Gasteiger partial charge >= 0.3 is 0 Å². The third-order valence-electron chi connectivity index (χ3n) is 5.40. The van der Waals surface area contributed by atoms with Gasteiger partial charge in [-0.2, -0.15) is 0 Å². The van der Waals surface area contributed by atoms with Crippen molar-refractivity contribution in [2.75, 3.05) is 19.6 Å². The predicted molar refractivity (Wildman–Crippen MR) is 81.7 cm³/mol. The van der Waals surface area contributed by atoms with Crippen LogP contribution in [0.5, 0.6) is 0 Å². The number of imidazole rings is 1. The molecular weight excluding hydrogens is 248 g/mol. The molecule has 1 aliphatic heterocycles. The maximum Gasteiger partial charge on any atom is 0.109 e. The molecule has 1 aromatic heterocycles. The molecule has 0 spiro atoms. The van der Waals surface area contributed by atoms with E-state index >= 15 is 0 Å². The first-order valence-corrected chi connectivity index (χ1v) is 8.07. The highest BCUT2D eigenvalue weighted by Crippen LogP contribution is 2.36. The molecule has 1 aromatic rings. The maximum atomic E-state index is 4.46. The van der Waals surface area contributed by atoms with E-state index in [2.05, 4.69) is 40.7 Å². The molecule has 1 aliphatic carbocycles. The zero-order chi connectivity index (χ0) is 14.2. The van der Waals surface area contributed by atoms with Crippen LogP contribution >= 0.6 is 0 Å². The molecule has 2 aliphatic rings. The van der Waals surface area contributed by atoms with Gasteiger partial charge in [0, 0.05) is 57.1 Å². The molecule has 3 rings (SSSR count). The second-order valence-corrected chi connectivity index (χ2v) is 6.83. The minimum absolute atomic E-state index is 0.302. The Bertz CT molecular complexity index is 451. The van der Waals surface area contributed by atoms with E-state index in [1.165, 1.54) is 31.6 Å². The summed E-state index contributed by atoms with van der Waals surface area (Å²) in [6.45, 7) is 8.18. The Balaban J connectivity index is 1.64. The third kappa shape index (κ3) is 2.77. The van der Waals surface area contributed by atoms with E-state index < -0.39 is 0 Å². The summed E-state index contributed by atoms with van der Waals surface area (Å²) in [5.74, 6) is 2.14. The van der Waals surface area contributed by atoms with Crippen molar-refractivity contribution in [3.8, 4) is 0 Å². The fourth-order valence-electron chi connectivity index (χ4n) is 3.38. The van der Waals surface area contributed by atoms with Gasteiger partial charge in [0.05, 0.1) is 0 Å². The molecule has 2 unspecified atom stereocenters. The van der Waals surface area contributed by atoms with E-state index in [0.29, 0.717) is 5.54 Å². The monoisotopic (exact) mass is 276 g/mol. The van der Waals surface area contributed by atoms with Crippen molar-refractivity contribution in [3.05, 3.63) is 18.2 Å². The lowest BCUT2D eigenvalue weighted by atomic mass is 9.91. The zero-order valence-corrected chi connectivity index (χ0v) is 13.1. The Kier molecular flexibility index (Phi) is 3.87. The van der Waals surface area contributed by atoms with Crippen LogP contribution in [0.1, 0.15) is 38.9 Å². The molecule has 2 heterocycles. The van der Waals surface area contributed by atoms with Crippen LogP contribution < -0.4 is 5.32 Å². The van der Waals surface area contributed by atoms with Crippen LogP contribution in [0.3, 0.4) is 0 Å². The number of hydrogen-bond acceptors (Lipinski definition) is 3. The summed E-state index contributed by atoms with van der Waals surface area (Å²) in [6, 6.07) is 0.719. The SMILES string of the molecule is CCC1(C)CNC(C2CC2)CN1CCc1nccn1C. The normalized spacial score (nSPS) is 31.6. The van der Waals surface area contributed by atoms with Crippen LogP contribution in [-0.4, -0.2) is 45.7 Å². The second kappa shape index (κ2) is 5.49. The first kappa shape index (κ1) is 14.1. The highest BCUT2D eigenvalue weighted by molar-refractivity contribution is 5.01. The average molecular weight is 276 g/mol. The van der Waals surface area contributed by atoms with Gasteiger partial charge in [0.15, 0.2) is 0 Å². The fourth-order valence-corrected chi connectivity index (χ4v) is 3.38. The van der Waals surface area contributed by atoms with Gasteiger partial charge in [0.1, 0.15) is 5.82 Å². The van der Waals surface area contributed by atoms with Crippen molar-refractivity contribution in [1.82, 2.24) is 19.8 Å². The number of nitrogens with zero attached hydrogens (tertiary/aromatic N) is 3. The van der Waals surface area contributed by atoms with Crippen molar-refractivity contribution in [2.24, 2.45) is 13.0 Å². The Morgan fingerprint density at radius 1 is 1.45 bits per heavy atom. The summed E-state index contributed by atoms with van der Waals surface area (Å²) in [4.78, 5) is 7.17. The maximum absolute atomic E-state index is 4.46. The molecule has 2 fully saturated rings. The highest BCUT2D eigenvalue weighted by atomic mass is 15.3. The molecule has 0 bridgehead atoms. The Hall–Kier alpha value is -0.870. The van der Waals surface area contributed by atoms with E-state index in [1.807, 2.05) is 12.4 Å². The van der Waals surface area contributed by atoms with Gasteiger partial charge in [-0.1, -0.05) is 6.92 Å². The minimum atomic E-state index is 0.302. The summed E-state index contributed by atoms with van der Waals surface area (Å²) in [6.07, 6.45) is 9.05. The van der Waals surface area contributed by atoms with Crippen molar-refractivity contribution < 1.29 is 0 Å². The van der Waals surface area contributed by atoms with Crippen LogP contribution in [-0.2, 0) is 13.5 Å². The Morgan fingerprint density at radius 3 is 2.85 bits per heavy atom. The molecular formula is C16H28N4. The topological polar surface area (TPSA) is 33.1 Å².